The molecule has 0 spiro atoms. The quantitative estimate of drug-likeness (QED) is 0.869. The predicted octanol–water partition coefficient (Wildman–Crippen LogP) is 4.23. The number of hydrogen-bond donors (Lipinski definition) is 1. The van der Waals surface area contributed by atoms with Crippen molar-refractivity contribution in [2.24, 2.45) is 0 Å². The molecular formula is C17H20BrN3O. The molecule has 0 amide bonds. The number of benzene rings is 1. The van der Waals surface area contributed by atoms with E-state index in [4.69, 9.17) is 9.84 Å². The van der Waals surface area contributed by atoms with Crippen molar-refractivity contribution in [2.75, 3.05) is 18.5 Å². The topological polar surface area (TPSA) is 39.1 Å². The highest BCUT2D eigenvalue weighted by molar-refractivity contribution is 9.10. The van der Waals surface area contributed by atoms with Crippen molar-refractivity contribution in [2.45, 2.75) is 38.2 Å². The molecule has 4 rings (SSSR count). The minimum Gasteiger partial charge on any atom is -0.372 e. The molecule has 116 valence electrons. The fraction of sp³-hybridized carbons (Fsp3) is 0.471. The molecule has 2 aliphatic rings. The third-order valence-electron chi connectivity index (χ3n) is 4.48. The Labute approximate surface area is 139 Å². The summed E-state index contributed by atoms with van der Waals surface area (Å²) in [6.45, 7) is 1.86. The zero-order valence-corrected chi connectivity index (χ0v) is 14.1. The van der Waals surface area contributed by atoms with Gasteiger partial charge < -0.3 is 10.1 Å². The average Bonchev–Trinajstić information content (AvgIpc) is 3.10. The van der Waals surface area contributed by atoms with E-state index in [0.29, 0.717) is 0 Å². The van der Waals surface area contributed by atoms with Gasteiger partial charge in [0.2, 0.25) is 0 Å². The van der Waals surface area contributed by atoms with Gasteiger partial charge in [0.25, 0.3) is 0 Å². The molecule has 4 nitrogen and oxygen atoms in total. The third kappa shape index (κ3) is 2.46. The zero-order chi connectivity index (χ0) is 14.9. The first-order chi connectivity index (χ1) is 10.8. The summed E-state index contributed by atoms with van der Waals surface area (Å²) in [6, 6.07) is 8.25. The van der Waals surface area contributed by atoms with Gasteiger partial charge in [0, 0.05) is 23.2 Å². The van der Waals surface area contributed by atoms with Crippen LogP contribution in [0.4, 0.5) is 5.82 Å². The maximum Gasteiger partial charge on any atom is 0.133 e. The summed E-state index contributed by atoms with van der Waals surface area (Å²) in [7, 11) is 0. The molecule has 3 heterocycles. The number of nitrogens with zero attached hydrogens (tertiary/aromatic N) is 2. The number of aromatic nitrogens is 2. The van der Waals surface area contributed by atoms with Crippen LogP contribution in [0, 0.1) is 0 Å². The lowest BCUT2D eigenvalue weighted by Gasteiger charge is -2.10. The predicted molar refractivity (Wildman–Crippen MR) is 90.6 cm³/mol. The summed E-state index contributed by atoms with van der Waals surface area (Å²) in [5.41, 5.74) is 3.57. The summed E-state index contributed by atoms with van der Waals surface area (Å²) in [4.78, 5) is 0. The van der Waals surface area contributed by atoms with E-state index in [0.717, 1.165) is 54.1 Å². The highest BCUT2D eigenvalue weighted by atomic mass is 79.9. The molecule has 22 heavy (non-hydrogen) atoms. The standard InChI is InChI=1S/C17H20BrN3O/c18-13-7-1-2-8-14(13)21-17-12(6-3-4-10-19-17)16(20-21)15-9-5-11-22-15/h1-2,7-8,15,19H,3-6,9-11H2. The Morgan fingerprint density at radius 3 is 2.95 bits per heavy atom. The number of para-hydroxylation sites is 1. The molecule has 1 aromatic heterocycles. The van der Waals surface area contributed by atoms with Crippen molar-refractivity contribution in [3.05, 3.63) is 40.0 Å². The van der Waals surface area contributed by atoms with Crippen LogP contribution in [0.25, 0.3) is 5.69 Å². The molecule has 0 bridgehead atoms. The van der Waals surface area contributed by atoms with Crippen molar-refractivity contribution in [1.82, 2.24) is 9.78 Å². The van der Waals surface area contributed by atoms with Crippen LogP contribution in [0.5, 0.6) is 0 Å². The minimum atomic E-state index is 0.164. The first-order valence-corrected chi connectivity index (χ1v) is 8.86. The molecule has 1 saturated heterocycles. The van der Waals surface area contributed by atoms with Gasteiger partial charge in [-0.3, -0.25) is 0 Å². The van der Waals surface area contributed by atoms with Gasteiger partial charge in [-0.05, 0) is 60.2 Å². The zero-order valence-electron chi connectivity index (χ0n) is 12.5. The van der Waals surface area contributed by atoms with Gasteiger partial charge in [-0.25, -0.2) is 4.68 Å². The summed E-state index contributed by atoms with van der Waals surface area (Å²) >= 11 is 3.65. The first kappa shape index (κ1) is 14.3. The first-order valence-electron chi connectivity index (χ1n) is 8.07. The normalized spacial score (nSPS) is 21.2. The van der Waals surface area contributed by atoms with Crippen molar-refractivity contribution in [1.29, 1.82) is 0 Å². The second kappa shape index (κ2) is 6.05. The van der Waals surface area contributed by atoms with Gasteiger partial charge in [-0.1, -0.05) is 12.1 Å². The average molecular weight is 362 g/mol. The number of anilines is 1. The third-order valence-corrected chi connectivity index (χ3v) is 5.15. The van der Waals surface area contributed by atoms with Crippen LogP contribution >= 0.6 is 15.9 Å². The van der Waals surface area contributed by atoms with Crippen molar-refractivity contribution >= 4 is 21.7 Å². The van der Waals surface area contributed by atoms with Crippen LogP contribution in [-0.4, -0.2) is 22.9 Å². The molecule has 0 aliphatic carbocycles. The Morgan fingerprint density at radius 1 is 1.23 bits per heavy atom. The van der Waals surface area contributed by atoms with Crippen LogP contribution in [0.1, 0.15) is 43.0 Å². The van der Waals surface area contributed by atoms with Gasteiger partial charge >= 0.3 is 0 Å². The van der Waals surface area contributed by atoms with E-state index in [1.165, 1.54) is 18.4 Å². The molecule has 2 aromatic rings. The molecule has 1 atom stereocenters. The molecule has 2 aliphatic heterocycles. The second-order valence-corrected chi connectivity index (χ2v) is 6.82. The molecular weight excluding hydrogens is 342 g/mol. The Bertz CT molecular complexity index is 677. The van der Waals surface area contributed by atoms with Gasteiger partial charge in [0.15, 0.2) is 0 Å². The number of ether oxygens (including phenoxy) is 1. The van der Waals surface area contributed by atoms with E-state index in [1.54, 1.807) is 0 Å². The van der Waals surface area contributed by atoms with Crippen LogP contribution in [-0.2, 0) is 11.2 Å². The van der Waals surface area contributed by atoms with Gasteiger partial charge in [0.05, 0.1) is 11.4 Å². The summed E-state index contributed by atoms with van der Waals surface area (Å²) < 4.78 is 9.03. The lowest BCUT2D eigenvalue weighted by atomic mass is 10.0. The Hall–Kier alpha value is -1.33. The summed E-state index contributed by atoms with van der Waals surface area (Å²) in [5, 5.41) is 8.53. The lowest BCUT2D eigenvalue weighted by molar-refractivity contribution is 0.107. The smallest absolute Gasteiger partial charge is 0.133 e. The van der Waals surface area contributed by atoms with E-state index < -0.39 is 0 Å². The Kier molecular flexibility index (Phi) is 3.92. The number of nitrogens with one attached hydrogen (secondary N) is 1. The maximum absolute atomic E-state index is 5.91. The highest BCUT2D eigenvalue weighted by Gasteiger charge is 2.29. The molecule has 1 unspecified atom stereocenters. The van der Waals surface area contributed by atoms with Gasteiger partial charge in [-0.2, -0.15) is 5.10 Å². The number of hydrogen-bond acceptors (Lipinski definition) is 3. The molecule has 5 heteroatoms. The van der Waals surface area contributed by atoms with Gasteiger partial charge in [0.1, 0.15) is 11.9 Å². The Balaban J connectivity index is 1.86. The van der Waals surface area contributed by atoms with E-state index in [2.05, 4.69) is 44.1 Å². The van der Waals surface area contributed by atoms with Crippen molar-refractivity contribution in [3.63, 3.8) is 0 Å². The molecule has 0 saturated carbocycles. The van der Waals surface area contributed by atoms with E-state index in [9.17, 15) is 0 Å². The van der Waals surface area contributed by atoms with Crippen LogP contribution < -0.4 is 5.32 Å². The SMILES string of the molecule is Brc1ccccc1-n1nc(C2CCCO2)c2c1NCCCC2. The monoisotopic (exact) mass is 361 g/mol. The maximum atomic E-state index is 5.91. The van der Waals surface area contributed by atoms with Crippen LogP contribution in [0.2, 0.25) is 0 Å². The number of fused-ring (bicyclic) bond motifs is 1. The molecule has 1 aromatic carbocycles. The van der Waals surface area contributed by atoms with E-state index in [-0.39, 0.29) is 6.10 Å². The van der Waals surface area contributed by atoms with E-state index in [1.807, 2.05) is 6.07 Å². The largest absolute Gasteiger partial charge is 0.372 e. The summed E-state index contributed by atoms with van der Waals surface area (Å²) in [6.07, 6.45) is 5.88. The molecule has 0 radical (unpaired) electrons. The lowest BCUT2D eigenvalue weighted by Crippen LogP contribution is -2.07. The van der Waals surface area contributed by atoms with Crippen molar-refractivity contribution in [3.8, 4) is 5.69 Å². The highest BCUT2D eigenvalue weighted by Crippen LogP contribution is 2.37. The minimum absolute atomic E-state index is 0.164. The summed E-state index contributed by atoms with van der Waals surface area (Å²) in [5.74, 6) is 1.15. The second-order valence-electron chi connectivity index (χ2n) is 5.96. The fourth-order valence-electron chi connectivity index (χ4n) is 3.38. The van der Waals surface area contributed by atoms with E-state index >= 15 is 0 Å². The van der Waals surface area contributed by atoms with Crippen molar-refractivity contribution < 1.29 is 4.74 Å². The molecule has 1 N–H and O–H groups in total. The van der Waals surface area contributed by atoms with Crippen LogP contribution in [0.15, 0.2) is 28.7 Å². The van der Waals surface area contributed by atoms with Crippen LogP contribution in [0.3, 0.4) is 0 Å². The fourth-order valence-corrected chi connectivity index (χ4v) is 3.83. The number of halogens is 1. The number of rotatable bonds is 2. The van der Waals surface area contributed by atoms with Gasteiger partial charge in [-0.15, -0.1) is 0 Å². The molecule has 1 fully saturated rings. The Morgan fingerprint density at radius 2 is 2.14 bits per heavy atom.